The summed E-state index contributed by atoms with van der Waals surface area (Å²) in [6.07, 6.45) is 1.94. The fourth-order valence-corrected chi connectivity index (χ4v) is 3.49. The van der Waals surface area contributed by atoms with E-state index < -0.39 is 0 Å². The van der Waals surface area contributed by atoms with E-state index in [1.54, 1.807) is 12.0 Å². The topological polar surface area (TPSA) is 41.9 Å². The molecule has 128 valence electrons. The molecule has 1 aliphatic heterocycles. The molecule has 4 nitrogen and oxygen atoms in total. The normalized spacial score (nSPS) is 17.7. The zero-order valence-electron chi connectivity index (χ0n) is 14.3. The number of hydrogen-bond acceptors (Lipinski definition) is 4. The lowest BCUT2D eigenvalue weighted by Gasteiger charge is -2.14. The molecule has 0 atom stereocenters. The number of amidine groups is 1. The molecule has 0 aromatic heterocycles. The summed E-state index contributed by atoms with van der Waals surface area (Å²) in [7, 11) is 1.63. The van der Waals surface area contributed by atoms with E-state index in [0.717, 1.165) is 16.8 Å². The first-order chi connectivity index (χ1) is 12.2. The summed E-state index contributed by atoms with van der Waals surface area (Å²) in [6.45, 7) is 3.00. The number of nitrogens with zero attached hydrogens (tertiary/aromatic N) is 2. The number of aliphatic imine (C=N–C) groups is 1. The van der Waals surface area contributed by atoms with Gasteiger partial charge in [0.15, 0.2) is 5.17 Å². The monoisotopic (exact) mass is 352 g/mol. The Hall–Kier alpha value is -2.37. The summed E-state index contributed by atoms with van der Waals surface area (Å²) >= 11 is 1.41. The predicted molar refractivity (Wildman–Crippen MR) is 104 cm³/mol. The van der Waals surface area contributed by atoms with Gasteiger partial charge in [0, 0.05) is 7.11 Å². The van der Waals surface area contributed by atoms with Crippen LogP contribution < -0.4 is 0 Å². The van der Waals surface area contributed by atoms with Crippen LogP contribution in [0.15, 0.2) is 64.5 Å². The molecule has 1 fully saturated rings. The van der Waals surface area contributed by atoms with E-state index in [4.69, 9.17) is 4.74 Å². The Morgan fingerprint density at radius 1 is 1.12 bits per heavy atom. The van der Waals surface area contributed by atoms with Gasteiger partial charge < -0.3 is 4.74 Å². The molecular formula is C20H20N2O2S. The van der Waals surface area contributed by atoms with E-state index in [2.05, 4.69) is 4.99 Å². The van der Waals surface area contributed by atoms with E-state index >= 15 is 0 Å². The molecule has 1 amide bonds. The molecule has 1 aliphatic rings. The van der Waals surface area contributed by atoms with Crippen molar-refractivity contribution in [2.24, 2.45) is 4.99 Å². The Kier molecular flexibility index (Phi) is 5.68. The lowest BCUT2D eigenvalue weighted by molar-refractivity contribution is -0.122. The van der Waals surface area contributed by atoms with Gasteiger partial charge in [0.25, 0.3) is 5.91 Å². The number of para-hydroxylation sites is 1. The summed E-state index contributed by atoms with van der Waals surface area (Å²) in [4.78, 5) is 19.8. The average Bonchev–Trinajstić information content (AvgIpc) is 2.91. The third-order valence-corrected chi connectivity index (χ3v) is 4.87. The van der Waals surface area contributed by atoms with E-state index in [1.807, 2.05) is 67.6 Å². The van der Waals surface area contributed by atoms with Gasteiger partial charge in [0.2, 0.25) is 0 Å². The zero-order chi connectivity index (χ0) is 17.6. The van der Waals surface area contributed by atoms with Crippen molar-refractivity contribution in [3.63, 3.8) is 0 Å². The number of benzene rings is 2. The van der Waals surface area contributed by atoms with Gasteiger partial charge in [-0.15, -0.1) is 0 Å². The van der Waals surface area contributed by atoms with Crippen LogP contribution >= 0.6 is 11.8 Å². The number of amides is 1. The molecule has 0 saturated carbocycles. The van der Waals surface area contributed by atoms with Crippen LogP contribution in [0.5, 0.6) is 0 Å². The molecule has 1 saturated heterocycles. The predicted octanol–water partition coefficient (Wildman–Crippen LogP) is 4.25. The third-order valence-electron chi connectivity index (χ3n) is 3.86. The molecular weight excluding hydrogens is 332 g/mol. The lowest BCUT2D eigenvalue weighted by Crippen LogP contribution is -2.32. The van der Waals surface area contributed by atoms with Crippen LogP contribution in [0.3, 0.4) is 0 Å². The second-order valence-electron chi connectivity index (χ2n) is 5.65. The van der Waals surface area contributed by atoms with Gasteiger partial charge in [-0.2, -0.15) is 0 Å². The molecule has 0 N–H and O–H groups in total. The number of carbonyl (C=O) groups is 1. The molecule has 2 aromatic carbocycles. The molecule has 0 unspecified atom stereocenters. The minimum absolute atomic E-state index is 0.0278. The minimum Gasteiger partial charge on any atom is -0.383 e. The Morgan fingerprint density at radius 2 is 1.84 bits per heavy atom. The van der Waals surface area contributed by atoms with Crippen LogP contribution in [0.2, 0.25) is 0 Å². The Morgan fingerprint density at radius 3 is 2.56 bits per heavy atom. The van der Waals surface area contributed by atoms with E-state index in [1.165, 1.54) is 11.8 Å². The number of aryl methyl sites for hydroxylation is 1. The fourth-order valence-electron chi connectivity index (χ4n) is 2.47. The van der Waals surface area contributed by atoms with Crippen molar-refractivity contribution in [3.8, 4) is 0 Å². The highest BCUT2D eigenvalue weighted by Gasteiger charge is 2.33. The van der Waals surface area contributed by atoms with Crippen molar-refractivity contribution < 1.29 is 9.53 Å². The van der Waals surface area contributed by atoms with E-state index in [-0.39, 0.29) is 5.91 Å². The number of methoxy groups -OCH3 is 1. The molecule has 25 heavy (non-hydrogen) atoms. The quantitative estimate of drug-likeness (QED) is 0.756. The van der Waals surface area contributed by atoms with Crippen molar-refractivity contribution in [1.82, 2.24) is 4.90 Å². The van der Waals surface area contributed by atoms with Crippen LogP contribution in [0.1, 0.15) is 11.1 Å². The molecule has 0 spiro atoms. The first kappa shape index (κ1) is 17.5. The molecule has 5 heteroatoms. The van der Waals surface area contributed by atoms with E-state index in [0.29, 0.717) is 23.2 Å². The minimum atomic E-state index is -0.0278. The molecule has 3 rings (SSSR count). The van der Waals surface area contributed by atoms with Crippen molar-refractivity contribution in [2.45, 2.75) is 6.92 Å². The van der Waals surface area contributed by atoms with Crippen LogP contribution in [-0.2, 0) is 9.53 Å². The maximum atomic E-state index is 12.8. The SMILES string of the molecule is COCCN1C(=O)/C(=C/c2ccccc2C)SC1=Nc1ccccc1. The lowest BCUT2D eigenvalue weighted by atomic mass is 10.1. The highest BCUT2D eigenvalue weighted by molar-refractivity contribution is 8.18. The maximum Gasteiger partial charge on any atom is 0.266 e. The number of hydrogen-bond donors (Lipinski definition) is 0. The highest BCUT2D eigenvalue weighted by atomic mass is 32.2. The molecule has 0 bridgehead atoms. The number of rotatable bonds is 5. The number of thioether (sulfide) groups is 1. The molecule has 0 aliphatic carbocycles. The van der Waals surface area contributed by atoms with Crippen molar-refractivity contribution >= 4 is 34.6 Å². The van der Waals surface area contributed by atoms with Crippen molar-refractivity contribution in [3.05, 3.63) is 70.6 Å². The summed E-state index contributed by atoms with van der Waals surface area (Å²) in [5.74, 6) is -0.0278. The van der Waals surface area contributed by atoms with Gasteiger partial charge in [0.05, 0.1) is 23.7 Å². The van der Waals surface area contributed by atoms with Crippen LogP contribution in [0.4, 0.5) is 5.69 Å². The number of ether oxygens (including phenoxy) is 1. The zero-order valence-corrected chi connectivity index (χ0v) is 15.1. The third kappa shape index (κ3) is 4.18. The van der Waals surface area contributed by atoms with Crippen molar-refractivity contribution in [1.29, 1.82) is 0 Å². The van der Waals surface area contributed by atoms with E-state index in [9.17, 15) is 4.79 Å². The van der Waals surface area contributed by atoms with Gasteiger partial charge >= 0.3 is 0 Å². The first-order valence-corrected chi connectivity index (χ1v) is 8.90. The van der Waals surface area contributed by atoms with Gasteiger partial charge in [-0.3, -0.25) is 9.69 Å². The molecule has 0 radical (unpaired) electrons. The Labute approximate surface area is 152 Å². The summed E-state index contributed by atoms with van der Waals surface area (Å²) in [5.41, 5.74) is 3.02. The van der Waals surface area contributed by atoms with Gasteiger partial charge in [-0.05, 0) is 48.0 Å². The average molecular weight is 352 g/mol. The molecule has 1 heterocycles. The first-order valence-electron chi connectivity index (χ1n) is 8.09. The maximum absolute atomic E-state index is 12.8. The van der Waals surface area contributed by atoms with Gasteiger partial charge in [-0.1, -0.05) is 42.5 Å². The Balaban J connectivity index is 1.94. The highest BCUT2D eigenvalue weighted by Crippen LogP contribution is 2.34. The fraction of sp³-hybridized carbons (Fsp3) is 0.200. The smallest absolute Gasteiger partial charge is 0.266 e. The standard InChI is InChI=1S/C20H20N2O2S/c1-15-8-6-7-9-16(15)14-18-19(23)22(12-13-24-2)20(25-18)21-17-10-4-3-5-11-17/h3-11,14H,12-13H2,1-2H3/b18-14-,21-20?. The van der Waals surface area contributed by atoms with Crippen molar-refractivity contribution in [2.75, 3.05) is 20.3 Å². The Bertz CT molecular complexity index is 815. The van der Waals surface area contributed by atoms with Crippen LogP contribution in [-0.4, -0.2) is 36.2 Å². The van der Waals surface area contributed by atoms with Crippen LogP contribution in [0, 0.1) is 6.92 Å². The second kappa shape index (κ2) is 8.14. The number of carbonyl (C=O) groups excluding carboxylic acids is 1. The van der Waals surface area contributed by atoms with Gasteiger partial charge in [0.1, 0.15) is 0 Å². The second-order valence-corrected chi connectivity index (χ2v) is 6.66. The molecule has 2 aromatic rings. The summed E-state index contributed by atoms with van der Waals surface area (Å²) in [6, 6.07) is 17.7. The summed E-state index contributed by atoms with van der Waals surface area (Å²) in [5, 5.41) is 0.688. The largest absolute Gasteiger partial charge is 0.383 e. The van der Waals surface area contributed by atoms with Gasteiger partial charge in [-0.25, -0.2) is 4.99 Å². The van der Waals surface area contributed by atoms with Crippen LogP contribution in [0.25, 0.3) is 6.08 Å². The summed E-state index contributed by atoms with van der Waals surface area (Å²) < 4.78 is 5.15.